The van der Waals surface area contributed by atoms with Crippen molar-refractivity contribution in [3.05, 3.63) is 34.6 Å². The van der Waals surface area contributed by atoms with E-state index < -0.39 is 5.82 Å². The second kappa shape index (κ2) is 6.46. The van der Waals surface area contributed by atoms with E-state index in [0.717, 1.165) is 5.56 Å². The zero-order chi connectivity index (χ0) is 9.84. The summed E-state index contributed by atoms with van der Waals surface area (Å²) >= 11 is 11.5. The Morgan fingerprint density at radius 3 is 2.64 bits per heavy atom. The van der Waals surface area contributed by atoms with E-state index in [-0.39, 0.29) is 22.8 Å². The van der Waals surface area contributed by atoms with Crippen molar-refractivity contribution in [1.82, 2.24) is 5.32 Å². The molecule has 0 aliphatic carbocycles. The Labute approximate surface area is 99.0 Å². The number of rotatable bonds is 3. The summed E-state index contributed by atoms with van der Waals surface area (Å²) in [5.41, 5.74) is 0.734. The van der Waals surface area contributed by atoms with Crippen molar-refractivity contribution < 1.29 is 4.39 Å². The molecule has 0 amide bonds. The average Bonchev–Trinajstić information content (AvgIpc) is 2.10. The Bertz CT molecular complexity index is 293. The second-order valence-corrected chi connectivity index (χ2v) is 3.63. The molecule has 1 aromatic rings. The lowest BCUT2D eigenvalue weighted by atomic mass is 10.1. The van der Waals surface area contributed by atoms with Crippen molar-refractivity contribution in [3.63, 3.8) is 0 Å². The topological polar surface area (TPSA) is 12.0 Å². The molecular weight excluding hydrogens is 247 g/mol. The van der Waals surface area contributed by atoms with E-state index in [1.54, 1.807) is 13.1 Å². The predicted molar refractivity (Wildman–Crippen MR) is 61.2 cm³/mol. The highest BCUT2D eigenvalue weighted by Gasteiger charge is 2.08. The fraction of sp³-hybridized carbons (Fsp3) is 0.333. The fourth-order valence-corrected chi connectivity index (χ4v) is 1.41. The molecule has 0 fully saturated rings. The highest BCUT2D eigenvalue weighted by molar-refractivity contribution is 6.30. The molecule has 0 aromatic heterocycles. The Kier molecular flexibility index (Phi) is 6.45. The Morgan fingerprint density at radius 1 is 1.50 bits per heavy atom. The summed E-state index contributed by atoms with van der Waals surface area (Å²) in [5.74, 6) is -0.430. The minimum absolute atomic E-state index is 0. The lowest BCUT2D eigenvalue weighted by Crippen LogP contribution is -2.13. The number of alkyl halides is 1. The second-order valence-electron chi connectivity index (χ2n) is 2.70. The van der Waals surface area contributed by atoms with Gasteiger partial charge < -0.3 is 5.32 Å². The van der Waals surface area contributed by atoms with Gasteiger partial charge in [-0.05, 0) is 24.7 Å². The van der Waals surface area contributed by atoms with Crippen LogP contribution in [-0.4, -0.2) is 13.6 Å². The van der Waals surface area contributed by atoms with Gasteiger partial charge in [-0.1, -0.05) is 17.7 Å². The largest absolute Gasteiger partial charge is 0.318 e. The summed E-state index contributed by atoms with van der Waals surface area (Å²) in [4.78, 5) is 0. The highest BCUT2D eigenvalue weighted by Crippen LogP contribution is 2.23. The molecule has 0 aliphatic heterocycles. The number of benzene rings is 1. The van der Waals surface area contributed by atoms with Gasteiger partial charge >= 0.3 is 0 Å². The maximum Gasteiger partial charge on any atom is 0.142 e. The van der Waals surface area contributed by atoms with Crippen molar-refractivity contribution in [3.8, 4) is 0 Å². The molecule has 0 saturated heterocycles. The highest BCUT2D eigenvalue weighted by atomic mass is 35.5. The van der Waals surface area contributed by atoms with E-state index in [4.69, 9.17) is 23.2 Å². The summed E-state index contributed by atoms with van der Waals surface area (Å²) < 4.78 is 13.0. The van der Waals surface area contributed by atoms with Gasteiger partial charge in [-0.2, -0.15) is 0 Å². The molecule has 80 valence electrons. The molecule has 0 bridgehead atoms. The van der Waals surface area contributed by atoms with Gasteiger partial charge in [-0.3, -0.25) is 0 Å². The van der Waals surface area contributed by atoms with Crippen LogP contribution in [0.25, 0.3) is 0 Å². The van der Waals surface area contributed by atoms with Crippen LogP contribution in [0.4, 0.5) is 4.39 Å². The van der Waals surface area contributed by atoms with Crippen LogP contribution in [0, 0.1) is 5.82 Å². The first kappa shape index (κ1) is 14.0. The maximum absolute atomic E-state index is 13.0. The van der Waals surface area contributed by atoms with Crippen molar-refractivity contribution in [1.29, 1.82) is 0 Å². The van der Waals surface area contributed by atoms with Crippen molar-refractivity contribution in [2.45, 2.75) is 5.38 Å². The molecule has 1 nitrogen and oxygen atoms in total. The number of likely N-dealkylation sites (N-methyl/N-ethyl adjacent to an activating group) is 1. The van der Waals surface area contributed by atoms with E-state index in [2.05, 4.69) is 5.32 Å². The standard InChI is InChI=1S/C9H10Cl2FN.ClH/c1-13-5-8(11)6-2-3-7(10)9(12)4-6;/h2-4,8,13H,5H2,1H3;1H. The fourth-order valence-electron chi connectivity index (χ4n) is 1.00. The molecule has 0 radical (unpaired) electrons. The Morgan fingerprint density at radius 2 is 2.14 bits per heavy atom. The van der Waals surface area contributed by atoms with Gasteiger partial charge in [0.1, 0.15) is 5.82 Å². The van der Waals surface area contributed by atoms with Crippen LogP contribution in [0.2, 0.25) is 5.02 Å². The van der Waals surface area contributed by atoms with Gasteiger partial charge in [0.05, 0.1) is 10.4 Å². The molecule has 14 heavy (non-hydrogen) atoms. The normalized spacial score (nSPS) is 12.0. The number of hydrogen-bond donors (Lipinski definition) is 1. The first-order chi connectivity index (χ1) is 6.15. The number of nitrogens with one attached hydrogen (secondary N) is 1. The van der Waals surface area contributed by atoms with Crippen LogP contribution in [0.3, 0.4) is 0 Å². The van der Waals surface area contributed by atoms with E-state index in [9.17, 15) is 4.39 Å². The molecule has 1 rings (SSSR count). The monoisotopic (exact) mass is 257 g/mol. The van der Waals surface area contributed by atoms with Gasteiger partial charge in [-0.25, -0.2) is 4.39 Å². The molecule has 1 atom stereocenters. The Hall–Kier alpha value is -0.0200. The van der Waals surface area contributed by atoms with E-state index in [1.165, 1.54) is 12.1 Å². The van der Waals surface area contributed by atoms with Gasteiger partial charge in [-0.15, -0.1) is 24.0 Å². The molecule has 1 aromatic carbocycles. The lowest BCUT2D eigenvalue weighted by molar-refractivity contribution is 0.624. The van der Waals surface area contributed by atoms with Crippen LogP contribution in [-0.2, 0) is 0 Å². The van der Waals surface area contributed by atoms with Gasteiger partial charge in [0.15, 0.2) is 0 Å². The Balaban J connectivity index is 0.00000169. The number of halogens is 4. The lowest BCUT2D eigenvalue weighted by Gasteiger charge is -2.09. The van der Waals surface area contributed by atoms with Crippen LogP contribution >= 0.6 is 35.6 Å². The van der Waals surface area contributed by atoms with Gasteiger partial charge in [0.25, 0.3) is 0 Å². The zero-order valence-corrected chi connectivity index (χ0v) is 9.89. The number of hydrogen-bond acceptors (Lipinski definition) is 1. The molecule has 0 heterocycles. The SMILES string of the molecule is CNCC(Cl)c1ccc(Cl)c(F)c1.Cl. The van der Waals surface area contributed by atoms with E-state index in [1.807, 2.05) is 0 Å². The minimum Gasteiger partial charge on any atom is -0.318 e. The molecular formula is C9H11Cl3FN. The van der Waals surface area contributed by atoms with Crippen molar-refractivity contribution >= 4 is 35.6 Å². The predicted octanol–water partition coefficient (Wildman–Crippen LogP) is 3.40. The molecule has 1 unspecified atom stereocenters. The quantitative estimate of drug-likeness (QED) is 0.820. The van der Waals surface area contributed by atoms with Crippen LogP contribution in [0.15, 0.2) is 18.2 Å². The third-order valence-corrected chi connectivity index (χ3v) is 2.40. The zero-order valence-electron chi connectivity index (χ0n) is 7.56. The van der Waals surface area contributed by atoms with Crippen LogP contribution in [0.1, 0.15) is 10.9 Å². The van der Waals surface area contributed by atoms with E-state index >= 15 is 0 Å². The minimum atomic E-state index is -0.430. The van der Waals surface area contributed by atoms with E-state index in [0.29, 0.717) is 6.54 Å². The van der Waals surface area contributed by atoms with Crippen LogP contribution < -0.4 is 5.32 Å². The van der Waals surface area contributed by atoms with Crippen molar-refractivity contribution in [2.24, 2.45) is 0 Å². The first-order valence-electron chi connectivity index (χ1n) is 3.88. The molecule has 1 N–H and O–H groups in total. The summed E-state index contributed by atoms with van der Waals surface area (Å²) in [6.07, 6.45) is 0. The summed E-state index contributed by atoms with van der Waals surface area (Å²) in [5, 5.41) is 2.81. The maximum atomic E-state index is 13.0. The van der Waals surface area contributed by atoms with Crippen molar-refractivity contribution in [2.75, 3.05) is 13.6 Å². The van der Waals surface area contributed by atoms with Gasteiger partial charge in [0.2, 0.25) is 0 Å². The average molecular weight is 259 g/mol. The van der Waals surface area contributed by atoms with Gasteiger partial charge in [0, 0.05) is 6.54 Å². The summed E-state index contributed by atoms with van der Waals surface area (Å²) in [6, 6.07) is 4.59. The third kappa shape index (κ3) is 3.62. The first-order valence-corrected chi connectivity index (χ1v) is 4.70. The smallest absolute Gasteiger partial charge is 0.142 e. The summed E-state index contributed by atoms with van der Waals surface area (Å²) in [6.45, 7) is 0.600. The molecule has 0 aliphatic rings. The molecule has 0 spiro atoms. The molecule has 0 saturated carbocycles. The van der Waals surface area contributed by atoms with Crippen LogP contribution in [0.5, 0.6) is 0 Å². The third-order valence-electron chi connectivity index (χ3n) is 1.69. The summed E-state index contributed by atoms with van der Waals surface area (Å²) in [7, 11) is 1.79. The molecule has 5 heteroatoms.